The zero-order valence-corrected chi connectivity index (χ0v) is 9.73. The first kappa shape index (κ1) is 10.6. The molecule has 2 nitrogen and oxygen atoms in total. The van der Waals surface area contributed by atoms with Crippen LogP contribution in [0.1, 0.15) is 24.3 Å². The first-order valence-electron chi connectivity index (χ1n) is 6.14. The van der Waals surface area contributed by atoms with Crippen LogP contribution < -0.4 is 0 Å². The van der Waals surface area contributed by atoms with Gasteiger partial charge in [-0.15, -0.1) is 0 Å². The van der Waals surface area contributed by atoms with Crippen LogP contribution in [0.5, 0.6) is 5.75 Å². The van der Waals surface area contributed by atoms with Gasteiger partial charge >= 0.3 is 0 Å². The van der Waals surface area contributed by atoms with Crippen LogP contribution in [0, 0.1) is 0 Å². The first-order chi connectivity index (χ1) is 8.36. The molecule has 1 aliphatic rings. The molecule has 1 N–H and O–H groups in total. The van der Waals surface area contributed by atoms with E-state index in [1.54, 1.807) is 0 Å². The SMILES string of the molecule is Oc1ccc(C2CCOCC2)c2ccccc12. The summed E-state index contributed by atoms with van der Waals surface area (Å²) in [5.41, 5.74) is 1.35. The van der Waals surface area contributed by atoms with E-state index in [0.717, 1.165) is 31.4 Å². The lowest BCUT2D eigenvalue weighted by atomic mass is 9.88. The third-order valence-corrected chi connectivity index (χ3v) is 3.60. The maximum atomic E-state index is 9.87. The van der Waals surface area contributed by atoms with Crippen molar-refractivity contribution >= 4 is 10.8 Å². The van der Waals surface area contributed by atoms with Crippen LogP contribution in [0.15, 0.2) is 36.4 Å². The zero-order valence-electron chi connectivity index (χ0n) is 9.73. The van der Waals surface area contributed by atoms with Crippen molar-refractivity contribution in [3.8, 4) is 5.75 Å². The molecule has 3 rings (SSSR count). The summed E-state index contributed by atoms with van der Waals surface area (Å²) < 4.78 is 5.41. The summed E-state index contributed by atoms with van der Waals surface area (Å²) in [5.74, 6) is 0.936. The molecular weight excluding hydrogens is 212 g/mol. The lowest BCUT2D eigenvalue weighted by Gasteiger charge is -2.23. The fourth-order valence-electron chi connectivity index (χ4n) is 2.67. The number of rotatable bonds is 1. The topological polar surface area (TPSA) is 29.5 Å². The fraction of sp³-hybridized carbons (Fsp3) is 0.333. The van der Waals surface area contributed by atoms with Gasteiger partial charge < -0.3 is 9.84 Å². The molecule has 88 valence electrons. The molecule has 1 aliphatic heterocycles. The smallest absolute Gasteiger partial charge is 0.123 e. The van der Waals surface area contributed by atoms with Crippen LogP contribution in [-0.2, 0) is 4.74 Å². The predicted octanol–water partition coefficient (Wildman–Crippen LogP) is 3.44. The lowest BCUT2D eigenvalue weighted by Crippen LogP contribution is -2.14. The molecule has 0 amide bonds. The quantitative estimate of drug-likeness (QED) is 0.810. The highest BCUT2D eigenvalue weighted by Gasteiger charge is 2.18. The number of hydrogen-bond acceptors (Lipinski definition) is 2. The van der Waals surface area contributed by atoms with Crippen LogP contribution in [0.4, 0.5) is 0 Å². The van der Waals surface area contributed by atoms with E-state index >= 15 is 0 Å². The highest BCUT2D eigenvalue weighted by molar-refractivity contribution is 5.91. The molecule has 1 heterocycles. The molecule has 0 unspecified atom stereocenters. The minimum Gasteiger partial charge on any atom is -0.507 e. The van der Waals surface area contributed by atoms with E-state index in [9.17, 15) is 5.11 Å². The van der Waals surface area contributed by atoms with Crippen LogP contribution in [-0.4, -0.2) is 18.3 Å². The Labute approximate surface area is 101 Å². The molecule has 2 aromatic carbocycles. The number of aromatic hydroxyl groups is 1. The normalized spacial score (nSPS) is 17.4. The zero-order chi connectivity index (χ0) is 11.7. The highest BCUT2D eigenvalue weighted by atomic mass is 16.5. The molecule has 0 aromatic heterocycles. The number of phenolic OH excluding ortho intramolecular Hbond substituents is 1. The molecule has 0 atom stereocenters. The predicted molar refractivity (Wildman–Crippen MR) is 68.4 cm³/mol. The molecule has 0 bridgehead atoms. The number of ether oxygens (including phenoxy) is 1. The highest BCUT2D eigenvalue weighted by Crippen LogP contribution is 2.35. The van der Waals surface area contributed by atoms with E-state index in [1.165, 1.54) is 10.9 Å². The van der Waals surface area contributed by atoms with E-state index in [1.807, 2.05) is 24.3 Å². The maximum Gasteiger partial charge on any atom is 0.123 e. The van der Waals surface area contributed by atoms with Crippen molar-refractivity contribution in [2.75, 3.05) is 13.2 Å². The molecule has 1 fully saturated rings. The Kier molecular flexibility index (Phi) is 2.73. The van der Waals surface area contributed by atoms with Crippen LogP contribution in [0.3, 0.4) is 0 Å². The Morgan fingerprint density at radius 1 is 0.941 bits per heavy atom. The van der Waals surface area contributed by atoms with Crippen LogP contribution >= 0.6 is 0 Å². The Morgan fingerprint density at radius 3 is 2.41 bits per heavy atom. The fourth-order valence-corrected chi connectivity index (χ4v) is 2.67. The average Bonchev–Trinajstić information content (AvgIpc) is 2.41. The van der Waals surface area contributed by atoms with Crippen molar-refractivity contribution in [1.29, 1.82) is 0 Å². The van der Waals surface area contributed by atoms with Gasteiger partial charge in [0.15, 0.2) is 0 Å². The van der Waals surface area contributed by atoms with Crippen molar-refractivity contribution in [1.82, 2.24) is 0 Å². The maximum absolute atomic E-state index is 9.87. The summed E-state index contributed by atoms with van der Waals surface area (Å²) in [6.07, 6.45) is 2.16. The van der Waals surface area contributed by atoms with E-state index in [2.05, 4.69) is 12.1 Å². The van der Waals surface area contributed by atoms with Gasteiger partial charge in [-0.1, -0.05) is 30.3 Å². The van der Waals surface area contributed by atoms with Crippen molar-refractivity contribution < 1.29 is 9.84 Å². The molecular formula is C15H16O2. The van der Waals surface area contributed by atoms with Crippen LogP contribution in [0.25, 0.3) is 10.8 Å². The summed E-state index contributed by atoms with van der Waals surface area (Å²) in [5, 5.41) is 12.0. The molecule has 0 saturated carbocycles. The molecule has 2 aromatic rings. The van der Waals surface area contributed by atoms with Crippen LogP contribution in [0.2, 0.25) is 0 Å². The number of hydrogen-bond donors (Lipinski definition) is 1. The minimum atomic E-state index is 0.372. The Bertz CT molecular complexity index is 527. The standard InChI is InChI=1S/C15H16O2/c16-15-6-5-12(11-7-9-17-10-8-11)13-3-1-2-4-14(13)15/h1-6,11,16H,7-10H2. The van der Waals surface area contributed by atoms with Crippen molar-refractivity contribution in [3.63, 3.8) is 0 Å². The number of fused-ring (bicyclic) bond motifs is 1. The molecule has 17 heavy (non-hydrogen) atoms. The molecule has 1 saturated heterocycles. The van der Waals surface area contributed by atoms with Crippen molar-refractivity contribution in [2.24, 2.45) is 0 Å². The second-order valence-corrected chi connectivity index (χ2v) is 4.61. The molecule has 0 radical (unpaired) electrons. The van der Waals surface area contributed by atoms with Gasteiger partial charge in [0.25, 0.3) is 0 Å². The Morgan fingerprint density at radius 2 is 1.65 bits per heavy atom. The summed E-state index contributed by atoms with van der Waals surface area (Å²) in [6.45, 7) is 1.69. The second kappa shape index (κ2) is 4.38. The molecule has 2 heteroatoms. The summed E-state index contributed by atoms with van der Waals surface area (Å²) >= 11 is 0. The van der Waals surface area contributed by atoms with E-state index in [0.29, 0.717) is 11.7 Å². The summed E-state index contributed by atoms with van der Waals surface area (Å²) in [4.78, 5) is 0. The van der Waals surface area contributed by atoms with Gasteiger partial charge in [-0.3, -0.25) is 0 Å². The summed E-state index contributed by atoms with van der Waals surface area (Å²) in [6, 6.07) is 12.0. The Hall–Kier alpha value is -1.54. The molecule has 0 spiro atoms. The third kappa shape index (κ3) is 1.89. The molecule has 0 aliphatic carbocycles. The van der Waals surface area contributed by atoms with Gasteiger partial charge in [-0.05, 0) is 35.8 Å². The van der Waals surface area contributed by atoms with Gasteiger partial charge in [0.2, 0.25) is 0 Å². The second-order valence-electron chi connectivity index (χ2n) is 4.61. The van der Waals surface area contributed by atoms with E-state index < -0.39 is 0 Å². The van der Waals surface area contributed by atoms with Gasteiger partial charge in [0.05, 0.1) is 0 Å². The van der Waals surface area contributed by atoms with Gasteiger partial charge in [-0.2, -0.15) is 0 Å². The van der Waals surface area contributed by atoms with E-state index in [4.69, 9.17) is 4.74 Å². The average molecular weight is 228 g/mol. The van der Waals surface area contributed by atoms with Crippen molar-refractivity contribution in [2.45, 2.75) is 18.8 Å². The summed E-state index contributed by atoms with van der Waals surface area (Å²) in [7, 11) is 0. The third-order valence-electron chi connectivity index (χ3n) is 3.60. The number of phenols is 1. The monoisotopic (exact) mass is 228 g/mol. The van der Waals surface area contributed by atoms with E-state index in [-0.39, 0.29) is 0 Å². The van der Waals surface area contributed by atoms with Gasteiger partial charge in [0.1, 0.15) is 5.75 Å². The largest absolute Gasteiger partial charge is 0.507 e. The number of benzene rings is 2. The minimum absolute atomic E-state index is 0.372. The van der Waals surface area contributed by atoms with Crippen molar-refractivity contribution in [3.05, 3.63) is 42.0 Å². The Balaban J connectivity index is 2.12. The first-order valence-corrected chi connectivity index (χ1v) is 6.14. The van der Waals surface area contributed by atoms with Gasteiger partial charge in [0, 0.05) is 18.6 Å². The lowest BCUT2D eigenvalue weighted by molar-refractivity contribution is 0.0856. The van der Waals surface area contributed by atoms with Gasteiger partial charge in [-0.25, -0.2) is 0 Å².